The Morgan fingerprint density at radius 1 is 1.42 bits per heavy atom. The van der Waals surface area contributed by atoms with Gasteiger partial charge in [-0.1, -0.05) is 13.8 Å². The van der Waals surface area contributed by atoms with Gasteiger partial charge in [0.25, 0.3) is 5.91 Å². The van der Waals surface area contributed by atoms with Gasteiger partial charge in [0.1, 0.15) is 5.82 Å². The van der Waals surface area contributed by atoms with Gasteiger partial charge in [0.2, 0.25) is 0 Å². The maximum Gasteiger partial charge on any atom is 0.277 e. The number of nitrogens with two attached hydrogens (primary N) is 1. The Morgan fingerprint density at radius 3 is 2.65 bits per heavy atom. The number of carbonyl (C=O) groups is 1. The van der Waals surface area contributed by atoms with Gasteiger partial charge in [-0.05, 0) is 43.0 Å². The van der Waals surface area contributed by atoms with Crippen LogP contribution in [0, 0.1) is 18.7 Å². The molecule has 6 nitrogen and oxygen atoms in total. The van der Waals surface area contributed by atoms with Crippen LogP contribution in [0.5, 0.6) is 5.75 Å². The molecule has 26 heavy (non-hydrogen) atoms. The topological polar surface area (TPSA) is 84.4 Å². The van der Waals surface area contributed by atoms with Crippen molar-refractivity contribution in [2.45, 2.75) is 33.2 Å². The van der Waals surface area contributed by atoms with E-state index in [1.165, 1.54) is 27.9 Å². The number of amides is 1. The molecule has 1 aromatic carbocycles. The third-order valence-electron chi connectivity index (χ3n) is 4.30. The van der Waals surface area contributed by atoms with E-state index in [-0.39, 0.29) is 41.6 Å². The Morgan fingerprint density at radius 2 is 2.08 bits per heavy atom. The lowest BCUT2D eigenvalue weighted by Crippen LogP contribution is -2.34. The number of hydrogen-bond acceptors (Lipinski definition) is 4. The number of hydrogen-bond donors (Lipinski definition) is 2. The van der Waals surface area contributed by atoms with Crippen LogP contribution in [0.4, 0.5) is 4.39 Å². The van der Waals surface area contributed by atoms with E-state index in [0.717, 1.165) is 0 Å². The smallest absolute Gasteiger partial charge is 0.277 e. The number of rotatable bonds is 6. The molecule has 8 heteroatoms. The van der Waals surface area contributed by atoms with Gasteiger partial charge in [0, 0.05) is 19.6 Å². The Hall–Kier alpha value is -2.12. The summed E-state index contributed by atoms with van der Waals surface area (Å²) in [5, 5.41) is 14.3. The second-order valence-electron chi connectivity index (χ2n) is 6.66. The van der Waals surface area contributed by atoms with Crippen molar-refractivity contribution in [2.75, 3.05) is 13.6 Å². The molecule has 0 saturated carbocycles. The summed E-state index contributed by atoms with van der Waals surface area (Å²) in [6.45, 7) is 6.27. The van der Waals surface area contributed by atoms with Crippen molar-refractivity contribution in [3.63, 3.8) is 0 Å². The van der Waals surface area contributed by atoms with E-state index in [0.29, 0.717) is 30.1 Å². The molecule has 144 valence electrons. The summed E-state index contributed by atoms with van der Waals surface area (Å²) in [4.78, 5) is 14.0. The fourth-order valence-corrected chi connectivity index (χ4v) is 2.47. The number of aromatic nitrogens is 2. The van der Waals surface area contributed by atoms with E-state index in [1.807, 2.05) is 13.8 Å². The van der Waals surface area contributed by atoms with Crippen LogP contribution >= 0.6 is 12.4 Å². The van der Waals surface area contributed by atoms with Crippen molar-refractivity contribution in [1.82, 2.24) is 14.7 Å². The summed E-state index contributed by atoms with van der Waals surface area (Å²) < 4.78 is 14.6. The first-order chi connectivity index (χ1) is 11.7. The molecule has 0 aliphatic carbocycles. The molecule has 1 amide bonds. The number of aromatic hydroxyl groups is 1. The number of nitrogens with zero attached hydrogens (tertiary/aromatic N) is 3. The predicted octanol–water partition coefficient (Wildman–Crippen LogP) is 2.89. The summed E-state index contributed by atoms with van der Waals surface area (Å²) in [7, 11) is 1.65. The average molecular weight is 385 g/mol. The number of benzene rings is 1. The molecule has 0 fully saturated rings. The van der Waals surface area contributed by atoms with E-state index in [9.17, 15) is 14.3 Å². The molecular weight excluding hydrogens is 359 g/mol. The number of halogens is 2. The number of carbonyl (C=O) groups excluding carboxylic acids is 1. The van der Waals surface area contributed by atoms with Crippen LogP contribution in [0.25, 0.3) is 5.69 Å². The highest BCUT2D eigenvalue weighted by molar-refractivity contribution is 5.94. The van der Waals surface area contributed by atoms with E-state index in [4.69, 9.17) is 5.73 Å². The van der Waals surface area contributed by atoms with Gasteiger partial charge in [-0.25, -0.2) is 9.07 Å². The van der Waals surface area contributed by atoms with Gasteiger partial charge in [-0.3, -0.25) is 4.79 Å². The highest BCUT2D eigenvalue weighted by Gasteiger charge is 2.22. The predicted molar refractivity (Wildman–Crippen MR) is 102 cm³/mol. The molecule has 1 aromatic heterocycles. The van der Waals surface area contributed by atoms with Gasteiger partial charge in [0.15, 0.2) is 11.4 Å². The van der Waals surface area contributed by atoms with Crippen LogP contribution in [0.3, 0.4) is 0 Å². The molecule has 0 radical (unpaired) electrons. The Labute approximate surface area is 159 Å². The Balaban J connectivity index is 0.00000338. The standard InChI is InChI=1S/C18H25FN4O2.ClH/c1-11(2)14(20)7-8-22(4)18(25)17-16(24)10-23(21-17)15-6-5-13(19)9-12(15)3;/h5-6,9-11,14,24H,7-8,20H2,1-4H3;1H. The quantitative estimate of drug-likeness (QED) is 0.802. The zero-order chi connectivity index (χ0) is 18.7. The molecule has 3 N–H and O–H groups in total. The maximum atomic E-state index is 13.2. The van der Waals surface area contributed by atoms with Crippen LogP contribution in [0.15, 0.2) is 24.4 Å². The molecule has 0 bridgehead atoms. The monoisotopic (exact) mass is 384 g/mol. The summed E-state index contributed by atoms with van der Waals surface area (Å²) in [5.41, 5.74) is 7.22. The molecule has 0 aliphatic rings. The fourth-order valence-electron chi connectivity index (χ4n) is 2.47. The van der Waals surface area contributed by atoms with Crippen LogP contribution in [-0.2, 0) is 0 Å². The molecule has 2 rings (SSSR count). The summed E-state index contributed by atoms with van der Waals surface area (Å²) >= 11 is 0. The average Bonchev–Trinajstić information content (AvgIpc) is 2.92. The molecule has 0 aliphatic heterocycles. The van der Waals surface area contributed by atoms with Crippen molar-refractivity contribution in [2.24, 2.45) is 11.7 Å². The lowest BCUT2D eigenvalue weighted by atomic mass is 10.0. The second kappa shape index (κ2) is 9.00. The largest absolute Gasteiger partial charge is 0.504 e. The molecule has 1 atom stereocenters. The first-order valence-corrected chi connectivity index (χ1v) is 8.27. The van der Waals surface area contributed by atoms with E-state index in [2.05, 4.69) is 5.10 Å². The van der Waals surface area contributed by atoms with E-state index < -0.39 is 0 Å². The summed E-state index contributed by atoms with van der Waals surface area (Å²) in [5.74, 6) is -0.617. The number of aryl methyl sites for hydroxylation is 1. The van der Waals surface area contributed by atoms with Gasteiger partial charge in [-0.2, -0.15) is 5.10 Å². The highest BCUT2D eigenvalue weighted by atomic mass is 35.5. The zero-order valence-electron chi connectivity index (χ0n) is 15.4. The van der Waals surface area contributed by atoms with Crippen LogP contribution < -0.4 is 5.73 Å². The second-order valence-corrected chi connectivity index (χ2v) is 6.66. The fraction of sp³-hybridized carbons (Fsp3) is 0.444. The normalized spacial score (nSPS) is 12.0. The molecule has 2 aromatic rings. The van der Waals surface area contributed by atoms with E-state index in [1.54, 1.807) is 20.0 Å². The van der Waals surface area contributed by atoms with Crippen molar-refractivity contribution < 1.29 is 14.3 Å². The van der Waals surface area contributed by atoms with Crippen molar-refractivity contribution in [3.05, 3.63) is 41.5 Å². The summed E-state index contributed by atoms with van der Waals surface area (Å²) in [6, 6.07) is 4.23. The molecule has 1 unspecified atom stereocenters. The minimum Gasteiger partial charge on any atom is -0.504 e. The van der Waals surface area contributed by atoms with Gasteiger partial charge in [-0.15, -0.1) is 12.4 Å². The van der Waals surface area contributed by atoms with Crippen molar-refractivity contribution in [3.8, 4) is 11.4 Å². The lowest BCUT2D eigenvalue weighted by Gasteiger charge is -2.20. The zero-order valence-corrected chi connectivity index (χ0v) is 16.3. The van der Waals surface area contributed by atoms with E-state index >= 15 is 0 Å². The first-order valence-electron chi connectivity index (χ1n) is 8.27. The molecule has 0 saturated heterocycles. The van der Waals surface area contributed by atoms with Crippen LogP contribution in [-0.4, -0.2) is 45.3 Å². The Kier molecular flexibility index (Phi) is 7.59. The SMILES string of the molecule is Cc1cc(F)ccc1-n1cc(O)c(C(=O)N(C)CCC(N)C(C)C)n1.Cl. The third kappa shape index (κ3) is 4.95. The molecular formula is C18H26ClFN4O2. The third-order valence-corrected chi connectivity index (χ3v) is 4.30. The van der Waals surface area contributed by atoms with Gasteiger partial charge >= 0.3 is 0 Å². The minimum atomic E-state index is -0.382. The van der Waals surface area contributed by atoms with Crippen molar-refractivity contribution in [1.29, 1.82) is 0 Å². The van der Waals surface area contributed by atoms with Gasteiger partial charge in [0.05, 0.1) is 11.9 Å². The molecule has 0 spiro atoms. The minimum absolute atomic E-state index is 0. The first kappa shape index (κ1) is 21.9. The highest BCUT2D eigenvalue weighted by Crippen LogP contribution is 2.22. The van der Waals surface area contributed by atoms with Gasteiger partial charge < -0.3 is 15.7 Å². The lowest BCUT2D eigenvalue weighted by molar-refractivity contribution is 0.0780. The maximum absolute atomic E-state index is 13.2. The molecule has 1 heterocycles. The van der Waals surface area contributed by atoms with Crippen LogP contribution in [0.2, 0.25) is 0 Å². The van der Waals surface area contributed by atoms with Crippen LogP contribution in [0.1, 0.15) is 36.3 Å². The van der Waals surface area contributed by atoms with Crippen molar-refractivity contribution >= 4 is 18.3 Å². The Bertz CT molecular complexity index is 764. The summed E-state index contributed by atoms with van der Waals surface area (Å²) in [6.07, 6.45) is 2.01.